The number of pyridine rings is 1. The van der Waals surface area contributed by atoms with Crippen LogP contribution in [0.2, 0.25) is 0 Å². The van der Waals surface area contributed by atoms with Crippen molar-refractivity contribution in [2.45, 2.75) is 38.5 Å². The highest BCUT2D eigenvalue weighted by Crippen LogP contribution is 2.19. The van der Waals surface area contributed by atoms with Crippen LogP contribution in [0.15, 0.2) is 48.6 Å². The molecule has 27 heavy (non-hydrogen) atoms. The zero-order valence-corrected chi connectivity index (χ0v) is 15.9. The van der Waals surface area contributed by atoms with Crippen LogP contribution in [-0.4, -0.2) is 41.0 Å². The molecule has 6 nitrogen and oxygen atoms in total. The first-order valence-electron chi connectivity index (χ1n) is 9.60. The van der Waals surface area contributed by atoms with Gasteiger partial charge in [0.1, 0.15) is 11.5 Å². The molecule has 0 radical (unpaired) electrons. The Kier molecular flexibility index (Phi) is 6.90. The van der Waals surface area contributed by atoms with Crippen LogP contribution in [0.1, 0.15) is 48.2 Å². The average Bonchev–Trinajstić information content (AvgIpc) is 2.73. The minimum absolute atomic E-state index is 0.162. The molecule has 2 heterocycles. The molecule has 0 saturated heterocycles. The highest BCUT2D eigenvalue weighted by Gasteiger charge is 2.10. The van der Waals surface area contributed by atoms with Crippen LogP contribution >= 0.6 is 0 Å². The summed E-state index contributed by atoms with van der Waals surface area (Å²) in [5.41, 5.74) is 3.05. The Bertz CT molecular complexity index is 758. The van der Waals surface area contributed by atoms with Gasteiger partial charge in [0.2, 0.25) is 0 Å². The standard InChI is InChI=1S/C21H27N5O/c1-26(14-10-18-7-11-22-12-8-18)20-16-24-19(15-25-20)21(27)23-13-9-17-5-3-2-4-6-17/h5,7-8,11-12,15-16H,2-4,6,9-10,13-14H2,1H3,(H,23,27). The van der Waals surface area contributed by atoms with Gasteiger partial charge in [0.15, 0.2) is 0 Å². The fourth-order valence-electron chi connectivity index (χ4n) is 3.16. The lowest BCUT2D eigenvalue weighted by Gasteiger charge is -2.17. The molecule has 0 atom stereocenters. The Hall–Kier alpha value is -2.76. The zero-order valence-electron chi connectivity index (χ0n) is 15.9. The SMILES string of the molecule is CN(CCc1ccncc1)c1cnc(C(=O)NCCC2=CCCCC2)cn1. The van der Waals surface area contributed by atoms with E-state index in [4.69, 9.17) is 0 Å². The third kappa shape index (κ3) is 5.88. The fraction of sp³-hybridized carbons (Fsp3) is 0.429. The van der Waals surface area contributed by atoms with Crippen LogP contribution in [0.5, 0.6) is 0 Å². The molecule has 1 N–H and O–H groups in total. The van der Waals surface area contributed by atoms with Crippen molar-refractivity contribution in [2.75, 3.05) is 25.0 Å². The minimum atomic E-state index is -0.162. The van der Waals surface area contributed by atoms with E-state index in [2.05, 4.69) is 26.3 Å². The van der Waals surface area contributed by atoms with E-state index in [1.807, 2.05) is 24.1 Å². The molecule has 2 aromatic heterocycles. The van der Waals surface area contributed by atoms with Crippen molar-refractivity contribution in [1.82, 2.24) is 20.3 Å². The second-order valence-corrected chi connectivity index (χ2v) is 6.90. The summed E-state index contributed by atoms with van der Waals surface area (Å²) < 4.78 is 0. The number of hydrogen-bond acceptors (Lipinski definition) is 5. The molecule has 2 aromatic rings. The fourth-order valence-corrected chi connectivity index (χ4v) is 3.16. The summed E-state index contributed by atoms with van der Waals surface area (Å²) in [6.45, 7) is 1.47. The zero-order chi connectivity index (χ0) is 18.9. The predicted molar refractivity (Wildman–Crippen MR) is 107 cm³/mol. The van der Waals surface area contributed by atoms with Crippen LogP contribution in [0, 0.1) is 0 Å². The Balaban J connectivity index is 1.45. The number of nitrogens with one attached hydrogen (secondary N) is 1. The number of likely N-dealkylation sites (N-methyl/N-ethyl adjacent to an activating group) is 1. The number of hydrogen-bond donors (Lipinski definition) is 1. The van der Waals surface area contributed by atoms with E-state index >= 15 is 0 Å². The van der Waals surface area contributed by atoms with Crippen molar-refractivity contribution in [1.29, 1.82) is 0 Å². The van der Waals surface area contributed by atoms with E-state index in [-0.39, 0.29) is 5.91 Å². The smallest absolute Gasteiger partial charge is 0.271 e. The number of rotatable bonds is 8. The van der Waals surface area contributed by atoms with E-state index in [9.17, 15) is 4.79 Å². The topological polar surface area (TPSA) is 71.0 Å². The number of carbonyl (C=O) groups is 1. The summed E-state index contributed by atoms with van der Waals surface area (Å²) in [6, 6.07) is 4.02. The first-order chi connectivity index (χ1) is 13.2. The van der Waals surface area contributed by atoms with Crippen LogP contribution in [0.25, 0.3) is 0 Å². The van der Waals surface area contributed by atoms with Crippen molar-refractivity contribution in [2.24, 2.45) is 0 Å². The van der Waals surface area contributed by atoms with Gasteiger partial charge in [0.05, 0.1) is 12.4 Å². The third-order valence-electron chi connectivity index (χ3n) is 4.86. The summed E-state index contributed by atoms with van der Waals surface area (Å²) >= 11 is 0. The van der Waals surface area contributed by atoms with E-state index in [0.29, 0.717) is 12.2 Å². The molecule has 1 aliphatic carbocycles. The predicted octanol–water partition coefficient (Wildman–Crippen LogP) is 3.17. The first kappa shape index (κ1) is 19.0. The Labute approximate surface area is 160 Å². The van der Waals surface area contributed by atoms with Crippen molar-refractivity contribution in [3.63, 3.8) is 0 Å². The molecule has 6 heteroatoms. The molecule has 0 bridgehead atoms. The molecule has 0 spiro atoms. The van der Waals surface area contributed by atoms with Crippen molar-refractivity contribution >= 4 is 11.7 Å². The molecule has 0 unspecified atom stereocenters. The number of carbonyl (C=O) groups excluding carboxylic acids is 1. The second kappa shape index (κ2) is 9.80. The maximum atomic E-state index is 12.2. The third-order valence-corrected chi connectivity index (χ3v) is 4.86. The van der Waals surface area contributed by atoms with Crippen LogP contribution in [0.4, 0.5) is 5.82 Å². The molecular formula is C21H27N5O. The van der Waals surface area contributed by atoms with Crippen molar-refractivity contribution < 1.29 is 4.79 Å². The number of nitrogens with zero attached hydrogens (tertiary/aromatic N) is 4. The lowest BCUT2D eigenvalue weighted by molar-refractivity contribution is 0.0948. The van der Waals surface area contributed by atoms with Gasteiger partial charge in [0, 0.05) is 32.5 Å². The Morgan fingerprint density at radius 1 is 1.15 bits per heavy atom. The minimum Gasteiger partial charge on any atom is -0.358 e. The average molecular weight is 365 g/mol. The normalized spacial score (nSPS) is 13.7. The van der Waals surface area contributed by atoms with Gasteiger partial charge in [-0.1, -0.05) is 11.6 Å². The van der Waals surface area contributed by atoms with Gasteiger partial charge in [-0.05, 0) is 56.2 Å². The molecule has 0 saturated carbocycles. The van der Waals surface area contributed by atoms with Gasteiger partial charge >= 0.3 is 0 Å². The van der Waals surface area contributed by atoms with E-state index in [0.717, 1.165) is 31.6 Å². The summed E-state index contributed by atoms with van der Waals surface area (Å²) in [5.74, 6) is 0.595. The maximum Gasteiger partial charge on any atom is 0.271 e. The van der Waals surface area contributed by atoms with Gasteiger partial charge < -0.3 is 10.2 Å². The Morgan fingerprint density at radius 3 is 2.70 bits per heavy atom. The van der Waals surface area contributed by atoms with Gasteiger partial charge in [-0.15, -0.1) is 0 Å². The highest BCUT2D eigenvalue weighted by atomic mass is 16.1. The van der Waals surface area contributed by atoms with Gasteiger partial charge in [-0.3, -0.25) is 9.78 Å². The number of aromatic nitrogens is 3. The molecule has 1 aliphatic rings. The van der Waals surface area contributed by atoms with Crippen LogP contribution in [-0.2, 0) is 6.42 Å². The van der Waals surface area contributed by atoms with Gasteiger partial charge in [-0.25, -0.2) is 9.97 Å². The molecule has 0 fully saturated rings. The van der Waals surface area contributed by atoms with Crippen LogP contribution < -0.4 is 10.2 Å². The molecule has 0 aliphatic heterocycles. The van der Waals surface area contributed by atoms with E-state index < -0.39 is 0 Å². The largest absolute Gasteiger partial charge is 0.358 e. The molecule has 3 rings (SSSR count). The summed E-state index contributed by atoms with van der Waals surface area (Å²) in [4.78, 5) is 27.0. The Morgan fingerprint density at radius 2 is 2.00 bits per heavy atom. The molecular weight excluding hydrogens is 338 g/mol. The van der Waals surface area contributed by atoms with E-state index in [1.54, 1.807) is 24.8 Å². The first-order valence-corrected chi connectivity index (χ1v) is 9.60. The number of amides is 1. The quantitative estimate of drug-likeness (QED) is 0.728. The maximum absolute atomic E-state index is 12.2. The highest BCUT2D eigenvalue weighted by molar-refractivity contribution is 5.92. The van der Waals surface area contributed by atoms with E-state index in [1.165, 1.54) is 30.4 Å². The molecule has 142 valence electrons. The second-order valence-electron chi connectivity index (χ2n) is 6.90. The summed E-state index contributed by atoms with van der Waals surface area (Å²) in [7, 11) is 1.98. The summed E-state index contributed by atoms with van der Waals surface area (Å²) in [5, 5.41) is 2.94. The lowest BCUT2D eigenvalue weighted by atomic mass is 9.97. The summed E-state index contributed by atoms with van der Waals surface area (Å²) in [6.07, 6.45) is 15.8. The van der Waals surface area contributed by atoms with Crippen molar-refractivity contribution in [3.8, 4) is 0 Å². The molecule has 1 amide bonds. The van der Waals surface area contributed by atoms with Crippen molar-refractivity contribution in [3.05, 3.63) is 59.8 Å². The van der Waals surface area contributed by atoms with Gasteiger partial charge in [0.25, 0.3) is 5.91 Å². The van der Waals surface area contributed by atoms with Gasteiger partial charge in [-0.2, -0.15) is 0 Å². The number of allylic oxidation sites excluding steroid dienone is 1. The lowest BCUT2D eigenvalue weighted by Crippen LogP contribution is -2.27. The van der Waals surface area contributed by atoms with Crippen LogP contribution in [0.3, 0.4) is 0 Å². The monoisotopic (exact) mass is 365 g/mol. The number of anilines is 1. The molecule has 0 aromatic carbocycles.